The number of aromatic hydroxyl groups is 1. The molecule has 0 aliphatic heterocycles. The number of H-pyrrole nitrogens is 1. The van der Waals surface area contributed by atoms with Crippen LogP contribution in [0.1, 0.15) is 10.4 Å². The fourth-order valence-corrected chi connectivity index (χ4v) is 1.46. The maximum Gasteiger partial charge on any atom is 0.256 e. The summed E-state index contributed by atoms with van der Waals surface area (Å²) >= 11 is 0. The molecule has 0 bridgehead atoms. The Kier molecular flexibility index (Phi) is 3.28. The van der Waals surface area contributed by atoms with Crippen molar-refractivity contribution in [1.29, 1.82) is 0 Å². The maximum absolute atomic E-state index is 13.3. The summed E-state index contributed by atoms with van der Waals surface area (Å²) in [5.41, 5.74) is -1.55. The number of hydrogen-bond donors (Lipinski definition) is 3. The molecule has 19 heavy (non-hydrogen) atoms. The lowest BCUT2D eigenvalue weighted by atomic mass is 10.2. The smallest absolute Gasteiger partial charge is 0.256 e. The Morgan fingerprint density at radius 1 is 1.21 bits per heavy atom. The summed E-state index contributed by atoms with van der Waals surface area (Å²) in [6.07, 6.45) is 0. The molecule has 1 aromatic carbocycles. The minimum Gasteiger partial charge on any atom is -0.494 e. The molecule has 7 heteroatoms. The van der Waals surface area contributed by atoms with Crippen molar-refractivity contribution >= 4 is 11.6 Å². The van der Waals surface area contributed by atoms with Gasteiger partial charge in [-0.05, 0) is 12.1 Å². The van der Waals surface area contributed by atoms with Gasteiger partial charge in [0.05, 0.1) is 5.56 Å². The molecule has 0 fully saturated rings. The predicted octanol–water partition coefficient (Wildman–Crippen LogP) is 1.61. The molecule has 5 nitrogen and oxygen atoms in total. The van der Waals surface area contributed by atoms with Crippen LogP contribution in [0.5, 0.6) is 5.88 Å². The van der Waals surface area contributed by atoms with Crippen LogP contribution in [0.4, 0.5) is 14.5 Å². The standard InChI is InChI=1S/C12H8F2N2O3/c13-7-2-1-3-8(14)11(7)16-12(19)6-4-9(17)15-10(18)5-6/h1-5H,(H,16,19)(H2,15,17,18). The van der Waals surface area contributed by atoms with E-state index in [0.29, 0.717) is 0 Å². The zero-order valence-corrected chi connectivity index (χ0v) is 9.41. The maximum atomic E-state index is 13.3. The number of hydrogen-bond acceptors (Lipinski definition) is 3. The molecule has 98 valence electrons. The first kappa shape index (κ1) is 12.7. The molecule has 1 heterocycles. The largest absolute Gasteiger partial charge is 0.494 e. The average Bonchev–Trinajstić information content (AvgIpc) is 2.32. The van der Waals surface area contributed by atoms with Gasteiger partial charge < -0.3 is 10.4 Å². The number of carbonyl (C=O) groups is 1. The summed E-state index contributed by atoms with van der Waals surface area (Å²) in [5, 5.41) is 11.1. The van der Waals surface area contributed by atoms with Crippen LogP contribution in [0.2, 0.25) is 0 Å². The molecular formula is C12H8F2N2O3. The predicted molar refractivity (Wildman–Crippen MR) is 63.0 cm³/mol. The highest BCUT2D eigenvalue weighted by Crippen LogP contribution is 2.19. The minimum atomic E-state index is -0.942. The highest BCUT2D eigenvalue weighted by molar-refractivity contribution is 6.04. The van der Waals surface area contributed by atoms with Crippen molar-refractivity contribution in [3.8, 4) is 5.88 Å². The molecule has 0 saturated heterocycles. The number of pyridine rings is 1. The molecular weight excluding hydrogens is 258 g/mol. The number of aromatic amines is 1. The molecule has 0 aliphatic carbocycles. The zero-order chi connectivity index (χ0) is 14.0. The van der Waals surface area contributed by atoms with Gasteiger partial charge in [0.2, 0.25) is 0 Å². The summed E-state index contributed by atoms with van der Waals surface area (Å²) in [5.74, 6) is -3.32. The number of anilines is 1. The average molecular weight is 266 g/mol. The Morgan fingerprint density at radius 3 is 2.42 bits per heavy atom. The lowest BCUT2D eigenvalue weighted by molar-refractivity contribution is 0.102. The fourth-order valence-electron chi connectivity index (χ4n) is 1.46. The Balaban J connectivity index is 2.33. The van der Waals surface area contributed by atoms with Crippen LogP contribution in [0.3, 0.4) is 0 Å². The first-order valence-corrected chi connectivity index (χ1v) is 5.16. The van der Waals surface area contributed by atoms with Crippen LogP contribution >= 0.6 is 0 Å². The monoisotopic (exact) mass is 266 g/mol. The number of benzene rings is 1. The van der Waals surface area contributed by atoms with E-state index in [4.69, 9.17) is 5.11 Å². The summed E-state index contributed by atoms with van der Waals surface area (Å²) in [4.78, 5) is 24.8. The molecule has 1 amide bonds. The number of halogens is 2. The second kappa shape index (κ2) is 4.89. The van der Waals surface area contributed by atoms with Crippen molar-refractivity contribution in [2.75, 3.05) is 5.32 Å². The molecule has 1 aromatic heterocycles. The zero-order valence-electron chi connectivity index (χ0n) is 9.41. The van der Waals surface area contributed by atoms with Gasteiger partial charge >= 0.3 is 0 Å². The van der Waals surface area contributed by atoms with E-state index < -0.39 is 34.7 Å². The van der Waals surface area contributed by atoms with Gasteiger partial charge in [-0.25, -0.2) is 8.78 Å². The van der Waals surface area contributed by atoms with Gasteiger partial charge in [-0.15, -0.1) is 0 Å². The fraction of sp³-hybridized carbons (Fsp3) is 0. The van der Waals surface area contributed by atoms with E-state index in [-0.39, 0.29) is 5.56 Å². The Hall–Kier alpha value is -2.70. The summed E-state index contributed by atoms with van der Waals surface area (Å²) in [6, 6.07) is 4.98. The normalized spacial score (nSPS) is 10.2. The van der Waals surface area contributed by atoms with Gasteiger partial charge in [0.15, 0.2) is 5.88 Å². The first-order valence-electron chi connectivity index (χ1n) is 5.16. The number of aromatic nitrogens is 1. The number of carbonyl (C=O) groups excluding carboxylic acids is 1. The molecule has 2 rings (SSSR count). The third kappa shape index (κ3) is 2.76. The van der Waals surface area contributed by atoms with Crippen LogP contribution in [0, 0.1) is 11.6 Å². The third-order valence-electron chi connectivity index (χ3n) is 2.29. The van der Waals surface area contributed by atoms with E-state index in [1.807, 2.05) is 10.3 Å². The molecule has 0 atom stereocenters. The van der Waals surface area contributed by atoms with Crippen LogP contribution in [0.25, 0.3) is 0 Å². The molecule has 0 unspecified atom stereocenters. The second-order valence-electron chi connectivity index (χ2n) is 3.67. The van der Waals surface area contributed by atoms with Gasteiger partial charge in [-0.3, -0.25) is 14.6 Å². The summed E-state index contributed by atoms with van der Waals surface area (Å²) in [7, 11) is 0. The van der Waals surface area contributed by atoms with Gasteiger partial charge in [0.1, 0.15) is 17.3 Å². The van der Waals surface area contributed by atoms with Crippen LogP contribution in [-0.4, -0.2) is 16.0 Å². The molecule has 0 radical (unpaired) electrons. The van der Waals surface area contributed by atoms with Crippen molar-refractivity contribution in [2.45, 2.75) is 0 Å². The van der Waals surface area contributed by atoms with Crippen molar-refractivity contribution in [3.05, 3.63) is 57.9 Å². The number of amides is 1. The Morgan fingerprint density at radius 2 is 1.84 bits per heavy atom. The minimum absolute atomic E-state index is 0.219. The Bertz CT molecular complexity index is 677. The van der Waals surface area contributed by atoms with Crippen LogP contribution < -0.4 is 10.9 Å². The number of rotatable bonds is 2. The van der Waals surface area contributed by atoms with E-state index in [2.05, 4.69) is 0 Å². The van der Waals surface area contributed by atoms with Crippen molar-refractivity contribution in [3.63, 3.8) is 0 Å². The van der Waals surface area contributed by atoms with Gasteiger partial charge in [0, 0.05) is 12.1 Å². The quantitative estimate of drug-likeness (QED) is 0.772. The number of para-hydroxylation sites is 1. The lowest BCUT2D eigenvalue weighted by Crippen LogP contribution is -2.17. The highest BCUT2D eigenvalue weighted by Gasteiger charge is 2.14. The Labute approximate surface area is 105 Å². The first-order chi connectivity index (χ1) is 8.97. The number of nitrogens with one attached hydrogen (secondary N) is 2. The molecule has 0 aliphatic rings. The van der Waals surface area contributed by atoms with E-state index in [0.717, 1.165) is 30.3 Å². The van der Waals surface area contributed by atoms with Gasteiger partial charge in [0.25, 0.3) is 11.5 Å². The van der Waals surface area contributed by atoms with E-state index in [1.54, 1.807) is 0 Å². The lowest BCUT2D eigenvalue weighted by Gasteiger charge is -2.07. The highest BCUT2D eigenvalue weighted by atomic mass is 19.1. The summed E-state index contributed by atoms with van der Waals surface area (Å²) in [6.45, 7) is 0. The molecule has 0 spiro atoms. The SMILES string of the molecule is O=C(Nc1c(F)cccc1F)c1cc(O)[nH]c(=O)c1. The van der Waals surface area contributed by atoms with E-state index in [1.165, 1.54) is 0 Å². The second-order valence-corrected chi connectivity index (χ2v) is 3.67. The molecule has 0 saturated carbocycles. The summed E-state index contributed by atoms with van der Waals surface area (Å²) < 4.78 is 26.6. The topological polar surface area (TPSA) is 82.2 Å². The van der Waals surface area contributed by atoms with E-state index in [9.17, 15) is 18.4 Å². The van der Waals surface area contributed by atoms with Gasteiger partial charge in [-0.1, -0.05) is 6.07 Å². The third-order valence-corrected chi connectivity index (χ3v) is 2.29. The van der Waals surface area contributed by atoms with E-state index >= 15 is 0 Å². The van der Waals surface area contributed by atoms with Crippen molar-refractivity contribution in [1.82, 2.24) is 4.98 Å². The van der Waals surface area contributed by atoms with Crippen molar-refractivity contribution < 1.29 is 18.7 Å². The van der Waals surface area contributed by atoms with Crippen LogP contribution in [0.15, 0.2) is 35.1 Å². The molecule has 3 N–H and O–H groups in total. The van der Waals surface area contributed by atoms with Gasteiger partial charge in [-0.2, -0.15) is 0 Å². The van der Waals surface area contributed by atoms with Crippen LogP contribution in [-0.2, 0) is 0 Å². The molecule has 2 aromatic rings. The van der Waals surface area contributed by atoms with Crippen molar-refractivity contribution in [2.24, 2.45) is 0 Å².